The summed E-state index contributed by atoms with van der Waals surface area (Å²) in [5.41, 5.74) is 0.701. The number of hydrogen-bond acceptors (Lipinski definition) is 3. The third-order valence-electron chi connectivity index (χ3n) is 2.89. The second-order valence-corrected chi connectivity index (χ2v) is 5.00. The second-order valence-electron chi connectivity index (χ2n) is 4.09. The standard InChI is InChI=1S/C14H14N2OS/c1-2-10(7-8-15)16-14(17)12-9-18-13-6-4-3-5-11(12)13/h3-6,9-10H,2,7H2,1H3,(H,16,17)/t10-/m0/s1. The maximum absolute atomic E-state index is 12.2. The van der Waals surface area contributed by atoms with E-state index in [2.05, 4.69) is 11.4 Å². The smallest absolute Gasteiger partial charge is 0.253 e. The van der Waals surface area contributed by atoms with Crippen LogP contribution in [0.1, 0.15) is 30.1 Å². The summed E-state index contributed by atoms with van der Waals surface area (Å²) in [6.07, 6.45) is 1.12. The lowest BCUT2D eigenvalue weighted by molar-refractivity contribution is 0.0938. The van der Waals surface area contributed by atoms with Gasteiger partial charge in [0.05, 0.1) is 18.1 Å². The highest BCUT2D eigenvalue weighted by Gasteiger charge is 2.15. The van der Waals surface area contributed by atoms with Crippen molar-refractivity contribution in [3.8, 4) is 6.07 Å². The van der Waals surface area contributed by atoms with Crippen LogP contribution in [0.2, 0.25) is 0 Å². The van der Waals surface area contributed by atoms with Crippen molar-refractivity contribution in [3.05, 3.63) is 35.2 Å². The number of nitriles is 1. The Morgan fingerprint density at radius 1 is 1.50 bits per heavy atom. The molecular weight excluding hydrogens is 244 g/mol. The minimum absolute atomic E-state index is 0.0684. The Morgan fingerprint density at radius 3 is 3.00 bits per heavy atom. The number of rotatable bonds is 4. The van der Waals surface area contributed by atoms with Gasteiger partial charge in [0.25, 0.3) is 5.91 Å². The van der Waals surface area contributed by atoms with Crippen molar-refractivity contribution in [2.75, 3.05) is 0 Å². The first-order valence-corrected chi connectivity index (χ1v) is 6.78. The molecule has 1 heterocycles. The molecule has 18 heavy (non-hydrogen) atoms. The molecule has 2 aromatic rings. The van der Waals surface area contributed by atoms with Crippen LogP contribution in [-0.4, -0.2) is 11.9 Å². The van der Waals surface area contributed by atoms with Gasteiger partial charge in [0, 0.05) is 21.5 Å². The fraction of sp³-hybridized carbons (Fsp3) is 0.286. The minimum atomic E-state index is -0.0884. The molecule has 0 saturated heterocycles. The number of hydrogen-bond donors (Lipinski definition) is 1. The molecule has 2 rings (SSSR count). The largest absolute Gasteiger partial charge is 0.348 e. The van der Waals surface area contributed by atoms with E-state index in [0.29, 0.717) is 12.0 Å². The summed E-state index contributed by atoms with van der Waals surface area (Å²) in [7, 11) is 0. The van der Waals surface area contributed by atoms with Crippen LogP contribution in [0.4, 0.5) is 0 Å². The Labute approximate surface area is 110 Å². The van der Waals surface area contributed by atoms with Gasteiger partial charge < -0.3 is 5.32 Å². The van der Waals surface area contributed by atoms with Gasteiger partial charge in [-0.2, -0.15) is 5.26 Å². The molecule has 0 aliphatic carbocycles. The van der Waals surface area contributed by atoms with Gasteiger partial charge in [-0.1, -0.05) is 25.1 Å². The average Bonchev–Trinajstić information content (AvgIpc) is 2.82. The molecule has 92 valence electrons. The fourth-order valence-corrected chi connectivity index (χ4v) is 2.77. The van der Waals surface area contributed by atoms with Crippen molar-refractivity contribution in [1.29, 1.82) is 5.26 Å². The van der Waals surface area contributed by atoms with Crippen LogP contribution in [0, 0.1) is 11.3 Å². The molecule has 1 atom stereocenters. The van der Waals surface area contributed by atoms with Crippen molar-refractivity contribution in [1.82, 2.24) is 5.32 Å². The number of nitrogens with one attached hydrogen (secondary N) is 1. The Kier molecular flexibility index (Phi) is 3.96. The average molecular weight is 258 g/mol. The van der Waals surface area contributed by atoms with Crippen LogP contribution in [0.25, 0.3) is 10.1 Å². The predicted molar refractivity (Wildman–Crippen MR) is 73.6 cm³/mol. The lowest BCUT2D eigenvalue weighted by Gasteiger charge is -2.12. The Morgan fingerprint density at radius 2 is 2.28 bits per heavy atom. The molecule has 1 amide bonds. The number of fused-ring (bicyclic) bond motifs is 1. The van der Waals surface area contributed by atoms with Crippen molar-refractivity contribution in [3.63, 3.8) is 0 Å². The van der Waals surface area contributed by atoms with Crippen molar-refractivity contribution in [2.45, 2.75) is 25.8 Å². The van der Waals surface area contributed by atoms with Crippen LogP contribution in [0.15, 0.2) is 29.6 Å². The molecule has 1 aromatic heterocycles. The minimum Gasteiger partial charge on any atom is -0.348 e. The maximum Gasteiger partial charge on any atom is 0.253 e. The lowest BCUT2D eigenvalue weighted by atomic mass is 10.1. The molecule has 0 radical (unpaired) electrons. The van der Waals surface area contributed by atoms with Gasteiger partial charge in [-0.3, -0.25) is 4.79 Å². The first kappa shape index (κ1) is 12.6. The van der Waals surface area contributed by atoms with Gasteiger partial charge in [0.15, 0.2) is 0 Å². The molecule has 1 N–H and O–H groups in total. The summed E-state index contributed by atoms with van der Waals surface area (Å²) in [5.74, 6) is -0.0884. The quantitative estimate of drug-likeness (QED) is 0.914. The first-order chi connectivity index (χ1) is 8.76. The number of thiophene rings is 1. The van der Waals surface area contributed by atoms with Crippen LogP contribution >= 0.6 is 11.3 Å². The van der Waals surface area contributed by atoms with Gasteiger partial charge in [-0.25, -0.2) is 0 Å². The maximum atomic E-state index is 12.2. The SMILES string of the molecule is CC[C@@H](CC#N)NC(=O)c1csc2ccccc12. The molecule has 4 heteroatoms. The summed E-state index contributed by atoms with van der Waals surface area (Å²) >= 11 is 1.56. The molecule has 0 aliphatic rings. The summed E-state index contributed by atoms with van der Waals surface area (Å²) < 4.78 is 1.11. The zero-order chi connectivity index (χ0) is 13.0. The van der Waals surface area contributed by atoms with Gasteiger partial charge >= 0.3 is 0 Å². The summed E-state index contributed by atoms with van der Waals surface area (Å²) in [4.78, 5) is 12.2. The van der Waals surface area contributed by atoms with E-state index in [1.165, 1.54) is 0 Å². The number of nitrogens with zero attached hydrogens (tertiary/aromatic N) is 1. The number of amides is 1. The zero-order valence-electron chi connectivity index (χ0n) is 10.1. The molecule has 0 aliphatic heterocycles. The Hall–Kier alpha value is -1.86. The summed E-state index contributed by atoms with van der Waals surface area (Å²) in [6, 6.07) is 9.87. The molecular formula is C14H14N2OS. The molecule has 0 unspecified atom stereocenters. The van der Waals surface area contributed by atoms with E-state index in [4.69, 9.17) is 5.26 Å². The topological polar surface area (TPSA) is 52.9 Å². The third-order valence-corrected chi connectivity index (χ3v) is 3.85. The van der Waals surface area contributed by atoms with E-state index in [0.717, 1.165) is 16.5 Å². The van der Waals surface area contributed by atoms with Crippen LogP contribution in [0.3, 0.4) is 0 Å². The van der Waals surface area contributed by atoms with E-state index in [1.807, 2.05) is 36.6 Å². The van der Waals surface area contributed by atoms with E-state index in [9.17, 15) is 4.79 Å². The molecule has 0 spiro atoms. The van der Waals surface area contributed by atoms with Gasteiger partial charge in [0.1, 0.15) is 0 Å². The highest BCUT2D eigenvalue weighted by Crippen LogP contribution is 2.25. The third kappa shape index (κ3) is 2.52. The Bertz CT molecular complexity index is 597. The molecule has 0 fully saturated rings. The van der Waals surface area contributed by atoms with Crippen molar-refractivity contribution in [2.24, 2.45) is 0 Å². The Balaban J connectivity index is 2.21. The number of benzene rings is 1. The number of carbonyl (C=O) groups excluding carboxylic acids is 1. The highest BCUT2D eigenvalue weighted by atomic mass is 32.1. The molecule has 1 aromatic carbocycles. The fourth-order valence-electron chi connectivity index (χ4n) is 1.82. The highest BCUT2D eigenvalue weighted by molar-refractivity contribution is 7.17. The molecule has 3 nitrogen and oxygen atoms in total. The second kappa shape index (κ2) is 5.65. The lowest BCUT2D eigenvalue weighted by Crippen LogP contribution is -2.33. The van der Waals surface area contributed by atoms with Gasteiger partial charge in [-0.05, 0) is 12.5 Å². The van der Waals surface area contributed by atoms with Crippen LogP contribution in [0.5, 0.6) is 0 Å². The molecule has 0 saturated carbocycles. The normalized spacial score (nSPS) is 12.0. The summed E-state index contributed by atoms with van der Waals surface area (Å²) in [6.45, 7) is 1.97. The molecule has 0 bridgehead atoms. The zero-order valence-corrected chi connectivity index (χ0v) is 11.0. The van der Waals surface area contributed by atoms with Crippen molar-refractivity contribution >= 4 is 27.3 Å². The van der Waals surface area contributed by atoms with E-state index < -0.39 is 0 Å². The van der Waals surface area contributed by atoms with E-state index in [1.54, 1.807) is 11.3 Å². The first-order valence-electron chi connectivity index (χ1n) is 5.90. The van der Waals surface area contributed by atoms with Crippen molar-refractivity contribution < 1.29 is 4.79 Å². The predicted octanol–water partition coefficient (Wildman–Crippen LogP) is 3.32. The van der Waals surface area contributed by atoms with E-state index >= 15 is 0 Å². The van der Waals surface area contributed by atoms with Crippen LogP contribution < -0.4 is 5.32 Å². The van der Waals surface area contributed by atoms with E-state index in [-0.39, 0.29) is 11.9 Å². The van der Waals surface area contributed by atoms with Gasteiger partial charge in [-0.15, -0.1) is 11.3 Å². The summed E-state index contributed by atoms with van der Waals surface area (Å²) in [5, 5.41) is 14.4. The number of carbonyl (C=O) groups is 1. The van der Waals surface area contributed by atoms with Gasteiger partial charge in [0.2, 0.25) is 0 Å². The monoisotopic (exact) mass is 258 g/mol. The van der Waals surface area contributed by atoms with Crippen LogP contribution in [-0.2, 0) is 0 Å².